The molecule has 0 bridgehead atoms. The lowest BCUT2D eigenvalue weighted by molar-refractivity contribution is -0.152. The van der Waals surface area contributed by atoms with Crippen LogP contribution in [0.15, 0.2) is 0 Å². The molecule has 2 fully saturated rings. The Bertz CT molecular complexity index is 4150. The molecule has 0 spiro atoms. The number of nitrogens with zero attached hydrogens (tertiary/aromatic N) is 13. The van der Waals surface area contributed by atoms with Crippen LogP contribution in [0.3, 0.4) is 0 Å². The van der Waals surface area contributed by atoms with Gasteiger partial charge in [-0.1, -0.05) is 0 Å². The highest BCUT2D eigenvalue weighted by molar-refractivity contribution is 5.87. The van der Waals surface area contributed by atoms with Crippen LogP contribution >= 0.6 is 0 Å². The largest absolute Gasteiger partial charge is 0.481 e. The van der Waals surface area contributed by atoms with Crippen LogP contribution in [0.2, 0.25) is 0 Å². The third kappa shape index (κ3) is 50.2. The lowest BCUT2D eigenvalue weighted by atomic mass is 10.1. The van der Waals surface area contributed by atoms with Gasteiger partial charge in [0.25, 0.3) is 0 Å². The Morgan fingerprint density at radius 2 is 0.321 bits per heavy atom. The van der Waals surface area contributed by atoms with Gasteiger partial charge in [0.1, 0.15) is 36.3 Å². The van der Waals surface area contributed by atoms with Crippen molar-refractivity contribution in [2.24, 2.45) is 0 Å². The number of aliphatic carboxylic acids is 19. The average molecular weight is 1970 g/mol. The van der Waals surface area contributed by atoms with E-state index in [0.717, 1.165) is 14.7 Å². The standard InChI is InChI=1S/C41H61N7O24.C37H57N7O21/c49-28(6-3-25(39(67)68)46(19-33(55)56)20-34(57)58)42-11-1-12-44(30(51)8-5-27(41(71)72)48(23-37(63)64)24-38(65)66)17-18-45(31(52)9-10-32(53)54)14-2-13-43(16-15-42)29(50)7-4-26(40(69)70)47(21-35(59)60)22-36(61)62;45-26(6-3-23(35(60)61)42(17-29(48)49)18-30(50)51)39-12-2-13-41(28(47)8-5-25(37(64)65)44(21-33(56)57)22-34(58)59)16-15-40(11-1-9-38-10-14-39)27(46)7-4-24(36(62)63)43(19-31(52)53)20-32(54)55/h25-27H,1-24H2,(H,53,54)(H,55,56)(H,57,58)(H,59,60)(H,61,62)(H,63,64)(H,65,66)(H,67,68)(H,69,70)(H,71,72);23-25,38H,1-22H2,(H,48,49)(H,50,51)(H,52,53)(H,54,55)(H,56,57)(H,58,59)(H,60,61)(H,62,63)(H,64,65). The van der Waals surface area contributed by atoms with Gasteiger partial charge in [-0.15, -0.1) is 0 Å². The zero-order valence-electron chi connectivity index (χ0n) is 74.4. The molecule has 2 aliphatic heterocycles. The summed E-state index contributed by atoms with van der Waals surface area (Å²) in [6, 6.07) is -10.5. The second-order valence-electron chi connectivity index (χ2n) is 31.2. The van der Waals surface area contributed by atoms with E-state index < -0.39 is 359 Å². The summed E-state index contributed by atoms with van der Waals surface area (Å²) in [5, 5.41) is 183. The van der Waals surface area contributed by atoms with E-state index >= 15 is 0 Å². The van der Waals surface area contributed by atoms with Crippen molar-refractivity contribution in [2.75, 3.05) is 183 Å². The highest BCUT2D eigenvalue weighted by Crippen LogP contribution is 2.21. The number of amides is 7. The summed E-state index contributed by atoms with van der Waals surface area (Å²) in [6.07, 6.45) is -7.89. The van der Waals surface area contributed by atoms with E-state index in [1.54, 1.807) is 0 Å². The monoisotopic (exact) mass is 1970 g/mol. The molecule has 6 atom stereocenters. The van der Waals surface area contributed by atoms with Gasteiger partial charge in [-0.05, 0) is 70.8 Å². The van der Waals surface area contributed by atoms with E-state index in [4.69, 9.17) is 0 Å². The number of carboxylic acid groups (broad SMARTS) is 19. The first kappa shape index (κ1) is 121. The van der Waals surface area contributed by atoms with Gasteiger partial charge in [0.15, 0.2) is 0 Å². The van der Waals surface area contributed by atoms with Gasteiger partial charge in [0.05, 0.1) is 85.0 Å². The number of carbonyl (C=O) groups excluding carboxylic acids is 7. The molecule has 6 unspecified atom stereocenters. The van der Waals surface area contributed by atoms with E-state index in [1.807, 2.05) is 0 Å². The number of rotatable bonds is 57. The summed E-state index contributed by atoms with van der Waals surface area (Å²) < 4.78 is 0. The van der Waals surface area contributed by atoms with Crippen molar-refractivity contribution in [2.45, 2.75) is 152 Å². The Morgan fingerprint density at radius 3 is 0.467 bits per heavy atom. The molecule has 2 rings (SSSR count). The van der Waals surface area contributed by atoms with Gasteiger partial charge in [0.2, 0.25) is 41.4 Å². The molecular weight excluding hydrogens is 1850 g/mol. The van der Waals surface area contributed by atoms with Gasteiger partial charge < -0.3 is 137 Å². The lowest BCUT2D eigenvalue weighted by Gasteiger charge is -2.33. The molecule has 137 heavy (non-hydrogen) atoms. The molecule has 0 radical (unpaired) electrons. The second kappa shape index (κ2) is 63.2. The topological polar surface area (TPSA) is 882 Å². The van der Waals surface area contributed by atoms with Gasteiger partial charge >= 0.3 is 113 Å². The zero-order valence-corrected chi connectivity index (χ0v) is 74.4. The summed E-state index contributed by atoms with van der Waals surface area (Å²) in [7, 11) is 0. The molecule has 7 amide bonds. The Hall–Kier alpha value is -14.1. The summed E-state index contributed by atoms with van der Waals surface area (Å²) in [6.45, 7) is -14.6. The van der Waals surface area contributed by atoms with Crippen molar-refractivity contribution >= 4 is 155 Å². The van der Waals surface area contributed by atoms with Crippen molar-refractivity contribution in [1.82, 2.24) is 69.0 Å². The number of hydrogen-bond acceptors (Lipinski definition) is 33. The van der Waals surface area contributed by atoms with Crippen LogP contribution in [0.4, 0.5) is 0 Å². The Morgan fingerprint density at radius 1 is 0.175 bits per heavy atom. The third-order valence-electron chi connectivity index (χ3n) is 21.1. The van der Waals surface area contributed by atoms with Crippen molar-refractivity contribution in [3.63, 3.8) is 0 Å². The summed E-state index contributed by atoms with van der Waals surface area (Å²) in [5.41, 5.74) is 0. The van der Waals surface area contributed by atoms with Crippen LogP contribution in [0.5, 0.6) is 0 Å². The minimum absolute atomic E-state index is 0.00238. The van der Waals surface area contributed by atoms with Crippen molar-refractivity contribution in [1.29, 1.82) is 0 Å². The fourth-order valence-corrected chi connectivity index (χ4v) is 14.7. The first-order valence-electron chi connectivity index (χ1n) is 42.4. The molecule has 59 nitrogen and oxygen atoms in total. The maximum atomic E-state index is 14.0. The van der Waals surface area contributed by atoms with E-state index in [2.05, 4.69) is 5.32 Å². The second-order valence-corrected chi connectivity index (χ2v) is 31.2. The van der Waals surface area contributed by atoms with Crippen LogP contribution in [0, 0.1) is 0 Å². The van der Waals surface area contributed by atoms with Gasteiger partial charge in [0, 0.05) is 143 Å². The molecule has 0 aromatic carbocycles. The van der Waals surface area contributed by atoms with Crippen LogP contribution < -0.4 is 5.32 Å². The maximum Gasteiger partial charge on any atom is 0.320 e. The fraction of sp³-hybridized carbons (Fsp3) is 0.667. The van der Waals surface area contributed by atoms with E-state index in [1.165, 1.54) is 19.6 Å². The SMILES string of the molecule is O=C(O)CCC(=O)N1CCCN(C(=O)CCC(C(=O)O)N(CC(=O)O)CC(=O)O)CCN(C(=O)CCC(C(=O)O)N(CC(=O)O)CC(=O)O)CCCN(C(=O)CCC(C(=O)O)N(CC(=O)O)CC(=O)O)CC1.O=C(O)CN(CC(=O)O)C(CCC(=O)N1CCCN(C(=O)CCC(C(=O)O)N(CC(=O)O)CC(=O)O)CCN(C(=O)CCC(C(=O)O)N(CC(=O)O)CC(=O)O)CCCNCC1)C(=O)O. The summed E-state index contributed by atoms with van der Waals surface area (Å²) in [4.78, 5) is 330. The summed E-state index contributed by atoms with van der Waals surface area (Å²) in [5.74, 6) is -34.7. The number of hydrogen-bond donors (Lipinski definition) is 20. The predicted octanol–water partition coefficient (Wildman–Crippen LogP) is -7.96. The van der Waals surface area contributed by atoms with Crippen LogP contribution in [0.25, 0.3) is 0 Å². The van der Waals surface area contributed by atoms with Gasteiger partial charge in [-0.2, -0.15) is 0 Å². The molecule has 59 heteroatoms. The Labute approximate surface area is 778 Å². The zero-order chi connectivity index (χ0) is 104. The Balaban J connectivity index is 0.00000138. The molecule has 0 aromatic rings. The fourth-order valence-electron chi connectivity index (χ4n) is 14.7. The summed E-state index contributed by atoms with van der Waals surface area (Å²) >= 11 is 0. The predicted molar refractivity (Wildman–Crippen MR) is 449 cm³/mol. The normalized spacial score (nSPS) is 15.4. The quantitative estimate of drug-likeness (QED) is 0.0269. The molecule has 770 valence electrons. The molecule has 2 aliphatic rings. The highest BCUT2D eigenvalue weighted by Gasteiger charge is 2.39. The van der Waals surface area contributed by atoms with Crippen molar-refractivity contribution in [3.05, 3.63) is 0 Å². The van der Waals surface area contributed by atoms with E-state index in [-0.39, 0.29) is 130 Å². The molecular formula is C78H118N14O45. The third-order valence-corrected chi connectivity index (χ3v) is 21.1. The van der Waals surface area contributed by atoms with Gasteiger partial charge in [-0.25, -0.2) is 0 Å². The molecule has 2 saturated heterocycles. The number of carboxylic acids is 19. The molecule has 0 aliphatic carbocycles. The number of nitrogens with one attached hydrogen (secondary N) is 1. The molecule has 0 aromatic heterocycles. The first-order valence-corrected chi connectivity index (χ1v) is 42.4. The highest BCUT2D eigenvalue weighted by atomic mass is 16.4. The van der Waals surface area contributed by atoms with Crippen molar-refractivity contribution < 1.29 is 222 Å². The first-order chi connectivity index (χ1) is 64.0. The van der Waals surface area contributed by atoms with Crippen LogP contribution in [-0.4, -0.2) is 535 Å². The minimum Gasteiger partial charge on any atom is -0.481 e. The van der Waals surface area contributed by atoms with Crippen LogP contribution in [0.1, 0.15) is 116 Å². The van der Waals surface area contributed by atoms with Gasteiger partial charge in [-0.3, -0.25) is 154 Å². The van der Waals surface area contributed by atoms with E-state index in [0.29, 0.717) is 29.4 Å². The maximum absolute atomic E-state index is 14.0. The number of carbonyl (C=O) groups is 26. The average Bonchev–Trinajstić information content (AvgIpc) is 0.865. The van der Waals surface area contributed by atoms with Crippen molar-refractivity contribution in [3.8, 4) is 0 Å². The molecule has 20 N–H and O–H groups in total. The smallest absolute Gasteiger partial charge is 0.320 e. The van der Waals surface area contributed by atoms with Crippen LogP contribution in [-0.2, 0) is 125 Å². The minimum atomic E-state index is -1.81. The Kier molecular flexibility index (Phi) is 55.8. The van der Waals surface area contributed by atoms with E-state index in [9.17, 15) is 222 Å². The molecule has 2 heterocycles. The molecule has 0 saturated carbocycles. The lowest BCUT2D eigenvalue weighted by Crippen LogP contribution is -2.49.